The summed E-state index contributed by atoms with van der Waals surface area (Å²) in [4.78, 5) is 15.3. The predicted octanol–water partition coefficient (Wildman–Crippen LogP) is 0.985. The summed E-state index contributed by atoms with van der Waals surface area (Å²) in [5, 5.41) is 13.3. The van der Waals surface area contributed by atoms with Crippen LogP contribution in [-0.4, -0.2) is 31.4 Å². The Morgan fingerprint density at radius 2 is 2.11 bits per heavy atom. The molecule has 6 heteroatoms. The van der Waals surface area contributed by atoms with Crippen molar-refractivity contribution >= 4 is 5.97 Å². The van der Waals surface area contributed by atoms with E-state index in [0.29, 0.717) is 19.4 Å². The van der Waals surface area contributed by atoms with Gasteiger partial charge in [0.2, 0.25) is 0 Å². The van der Waals surface area contributed by atoms with Gasteiger partial charge in [-0.1, -0.05) is 13.8 Å². The lowest BCUT2D eigenvalue weighted by Gasteiger charge is -2.18. The van der Waals surface area contributed by atoms with Crippen LogP contribution in [0.1, 0.15) is 45.3 Å². The van der Waals surface area contributed by atoms with Crippen molar-refractivity contribution in [3.63, 3.8) is 0 Å². The third kappa shape index (κ3) is 3.53. The van der Waals surface area contributed by atoms with Crippen molar-refractivity contribution in [2.24, 2.45) is 5.73 Å². The molecule has 0 saturated carbocycles. The first-order valence-corrected chi connectivity index (χ1v) is 6.35. The third-order valence-electron chi connectivity index (χ3n) is 2.98. The zero-order valence-electron chi connectivity index (χ0n) is 11.3. The van der Waals surface area contributed by atoms with Crippen LogP contribution in [0, 0.1) is 0 Å². The molecule has 0 saturated heterocycles. The number of hydrogen-bond acceptors (Lipinski definition) is 4. The van der Waals surface area contributed by atoms with Gasteiger partial charge in [-0.2, -0.15) is 5.10 Å². The summed E-state index contributed by atoms with van der Waals surface area (Å²) in [6.07, 6.45) is 2.74. The van der Waals surface area contributed by atoms with Crippen molar-refractivity contribution in [1.29, 1.82) is 0 Å². The lowest BCUT2D eigenvalue weighted by molar-refractivity contribution is -0.142. The standard InChI is InChI=1S/C12H22N4O2/c1-4-9-14-10(5-2)16(15-9)8-6-7-12(3,13)11(17)18/h4-8,13H2,1-3H3,(H,17,18). The number of hydrogen-bond donors (Lipinski definition) is 2. The van der Waals surface area contributed by atoms with Crippen LogP contribution in [0.15, 0.2) is 0 Å². The van der Waals surface area contributed by atoms with E-state index in [2.05, 4.69) is 10.1 Å². The summed E-state index contributed by atoms with van der Waals surface area (Å²) < 4.78 is 1.86. The quantitative estimate of drug-likeness (QED) is 0.756. The zero-order chi connectivity index (χ0) is 13.8. The molecule has 0 fully saturated rings. The van der Waals surface area contributed by atoms with E-state index in [9.17, 15) is 4.79 Å². The van der Waals surface area contributed by atoms with E-state index in [-0.39, 0.29) is 0 Å². The first-order chi connectivity index (χ1) is 8.40. The van der Waals surface area contributed by atoms with Crippen LogP contribution in [0.2, 0.25) is 0 Å². The molecule has 1 heterocycles. The third-order valence-corrected chi connectivity index (χ3v) is 2.98. The van der Waals surface area contributed by atoms with Crippen molar-refractivity contribution < 1.29 is 9.90 Å². The van der Waals surface area contributed by atoms with E-state index in [1.165, 1.54) is 6.92 Å². The highest BCUT2D eigenvalue weighted by molar-refractivity contribution is 5.77. The van der Waals surface area contributed by atoms with Crippen LogP contribution >= 0.6 is 0 Å². The van der Waals surface area contributed by atoms with Crippen molar-refractivity contribution in [2.45, 2.75) is 58.5 Å². The largest absolute Gasteiger partial charge is 0.480 e. The number of aliphatic carboxylic acids is 1. The second-order valence-corrected chi connectivity index (χ2v) is 4.70. The summed E-state index contributed by atoms with van der Waals surface area (Å²) in [7, 11) is 0. The number of rotatable bonds is 7. The van der Waals surface area contributed by atoms with Gasteiger partial charge in [0.25, 0.3) is 0 Å². The summed E-state index contributed by atoms with van der Waals surface area (Å²) in [5.41, 5.74) is 4.51. The van der Waals surface area contributed by atoms with Gasteiger partial charge in [-0.3, -0.25) is 4.79 Å². The number of nitrogens with two attached hydrogens (primary N) is 1. The highest BCUT2D eigenvalue weighted by Gasteiger charge is 2.27. The lowest BCUT2D eigenvalue weighted by Crippen LogP contribution is -2.44. The molecule has 0 aliphatic rings. The molecule has 3 N–H and O–H groups in total. The van der Waals surface area contributed by atoms with E-state index in [4.69, 9.17) is 10.8 Å². The Labute approximate surface area is 107 Å². The maximum absolute atomic E-state index is 10.9. The molecule has 0 bridgehead atoms. The molecule has 1 unspecified atom stereocenters. The first-order valence-electron chi connectivity index (χ1n) is 6.35. The Bertz CT molecular complexity index is 412. The highest BCUT2D eigenvalue weighted by atomic mass is 16.4. The van der Waals surface area contributed by atoms with E-state index in [1.54, 1.807) is 0 Å². The van der Waals surface area contributed by atoms with Crippen LogP contribution in [0.25, 0.3) is 0 Å². The number of nitrogens with zero attached hydrogens (tertiary/aromatic N) is 3. The molecule has 0 aliphatic heterocycles. The van der Waals surface area contributed by atoms with Gasteiger partial charge in [-0.05, 0) is 19.8 Å². The highest BCUT2D eigenvalue weighted by Crippen LogP contribution is 2.11. The molecule has 1 aromatic heterocycles. The minimum atomic E-state index is -1.17. The molecule has 102 valence electrons. The molecule has 0 aliphatic carbocycles. The first kappa shape index (κ1) is 14.6. The molecule has 6 nitrogen and oxygen atoms in total. The van der Waals surface area contributed by atoms with Crippen LogP contribution in [0.4, 0.5) is 0 Å². The van der Waals surface area contributed by atoms with Crippen LogP contribution < -0.4 is 5.73 Å². The predicted molar refractivity (Wildman–Crippen MR) is 68.2 cm³/mol. The maximum atomic E-state index is 10.9. The van der Waals surface area contributed by atoms with Gasteiger partial charge in [0, 0.05) is 19.4 Å². The summed E-state index contributed by atoms with van der Waals surface area (Å²) in [6, 6.07) is 0. The SMILES string of the molecule is CCc1nc(CC)n(CCCC(C)(N)C(=O)O)n1. The monoisotopic (exact) mass is 254 g/mol. The molecule has 0 amide bonds. The Balaban J connectivity index is 2.58. The fraction of sp³-hybridized carbons (Fsp3) is 0.750. The maximum Gasteiger partial charge on any atom is 0.323 e. The van der Waals surface area contributed by atoms with Gasteiger partial charge < -0.3 is 10.8 Å². The van der Waals surface area contributed by atoms with Gasteiger partial charge in [0.05, 0.1) is 0 Å². The number of carboxylic acid groups (broad SMARTS) is 1. The topological polar surface area (TPSA) is 94.0 Å². The lowest BCUT2D eigenvalue weighted by atomic mass is 9.98. The number of aryl methyl sites for hydroxylation is 3. The molecule has 0 spiro atoms. The van der Waals surface area contributed by atoms with Crippen LogP contribution in [0.5, 0.6) is 0 Å². The fourth-order valence-corrected chi connectivity index (χ4v) is 1.72. The van der Waals surface area contributed by atoms with Gasteiger partial charge in [-0.25, -0.2) is 9.67 Å². The number of carboxylic acids is 1. The summed E-state index contributed by atoms with van der Waals surface area (Å²) in [5.74, 6) is 0.813. The van der Waals surface area contributed by atoms with E-state index in [0.717, 1.165) is 24.5 Å². The van der Waals surface area contributed by atoms with Crippen molar-refractivity contribution in [1.82, 2.24) is 14.8 Å². The van der Waals surface area contributed by atoms with Gasteiger partial charge in [-0.15, -0.1) is 0 Å². The second-order valence-electron chi connectivity index (χ2n) is 4.70. The molecule has 1 rings (SSSR count). The Hall–Kier alpha value is -1.43. The molecule has 1 atom stereocenters. The van der Waals surface area contributed by atoms with Crippen molar-refractivity contribution in [2.75, 3.05) is 0 Å². The molecule has 1 aromatic rings. The minimum Gasteiger partial charge on any atom is -0.480 e. The number of aromatic nitrogens is 3. The van der Waals surface area contributed by atoms with Gasteiger partial charge in [0.1, 0.15) is 11.4 Å². The van der Waals surface area contributed by atoms with Crippen molar-refractivity contribution in [3.05, 3.63) is 11.6 Å². The fourth-order valence-electron chi connectivity index (χ4n) is 1.72. The summed E-state index contributed by atoms with van der Waals surface area (Å²) >= 11 is 0. The normalized spacial score (nSPS) is 14.4. The Kier molecular flexibility index (Phi) is 4.84. The molecule has 0 radical (unpaired) electrons. The zero-order valence-corrected chi connectivity index (χ0v) is 11.3. The average Bonchev–Trinajstić information content (AvgIpc) is 2.71. The Morgan fingerprint density at radius 3 is 2.61 bits per heavy atom. The van der Waals surface area contributed by atoms with E-state index < -0.39 is 11.5 Å². The molecule has 18 heavy (non-hydrogen) atoms. The Morgan fingerprint density at radius 1 is 1.44 bits per heavy atom. The van der Waals surface area contributed by atoms with Crippen LogP contribution in [0.3, 0.4) is 0 Å². The van der Waals surface area contributed by atoms with Gasteiger partial charge >= 0.3 is 5.97 Å². The smallest absolute Gasteiger partial charge is 0.323 e. The van der Waals surface area contributed by atoms with E-state index in [1.807, 2.05) is 18.5 Å². The van der Waals surface area contributed by atoms with Crippen molar-refractivity contribution in [3.8, 4) is 0 Å². The number of carbonyl (C=O) groups is 1. The minimum absolute atomic E-state index is 0.423. The summed E-state index contributed by atoms with van der Waals surface area (Å²) in [6.45, 7) is 6.25. The average molecular weight is 254 g/mol. The molecule has 0 aromatic carbocycles. The molecular formula is C12H22N4O2. The second kappa shape index (κ2) is 5.95. The van der Waals surface area contributed by atoms with E-state index >= 15 is 0 Å². The van der Waals surface area contributed by atoms with Crippen LogP contribution in [-0.2, 0) is 24.2 Å². The molecular weight excluding hydrogens is 232 g/mol. The van der Waals surface area contributed by atoms with Gasteiger partial charge in [0.15, 0.2) is 5.82 Å².